The van der Waals surface area contributed by atoms with Gasteiger partial charge in [0.15, 0.2) is 0 Å². The lowest BCUT2D eigenvalue weighted by Gasteiger charge is -2.35. The molecule has 0 aliphatic carbocycles. The van der Waals surface area contributed by atoms with Crippen LogP contribution >= 0.6 is 0 Å². The molecule has 2 amide bonds. The highest BCUT2D eigenvalue weighted by molar-refractivity contribution is 5.93. The number of carbonyl (C=O) groups excluding carboxylic acids is 2. The number of aryl methyl sites for hydroxylation is 1. The fourth-order valence-corrected chi connectivity index (χ4v) is 2.95. The van der Waals surface area contributed by atoms with Crippen molar-refractivity contribution in [2.24, 2.45) is 0 Å². The number of amides is 2. The van der Waals surface area contributed by atoms with Crippen molar-refractivity contribution >= 4 is 12.0 Å². The maximum Gasteiger partial charge on any atom is 0.410 e. The maximum absolute atomic E-state index is 12.4. The maximum atomic E-state index is 12.4. The van der Waals surface area contributed by atoms with Gasteiger partial charge in [-0.05, 0) is 12.8 Å². The fourth-order valence-electron chi connectivity index (χ4n) is 2.95. The van der Waals surface area contributed by atoms with Crippen LogP contribution in [-0.4, -0.2) is 64.1 Å². The second-order valence-electron chi connectivity index (χ2n) is 5.57. The Hall–Kier alpha value is -2.18. The van der Waals surface area contributed by atoms with Crippen LogP contribution in [0.1, 0.15) is 35.9 Å². The molecule has 2 fully saturated rings. The van der Waals surface area contributed by atoms with Crippen molar-refractivity contribution in [2.45, 2.75) is 32.2 Å². The van der Waals surface area contributed by atoms with Crippen LogP contribution in [0.15, 0.2) is 12.4 Å². The van der Waals surface area contributed by atoms with Crippen LogP contribution in [0.2, 0.25) is 0 Å². The van der Waals surface area contributed by atoms with E-state index in [1.807, 2.05) is 11.8 Å². The number of cyclic esters (lactones) is 1. The standard InChI is InChI=1S/C15H20N4O3/c1-2-13-16-9-11(10-17-13)14(20)18-5-3-12(4-6-18)19-7-8-22-15(19)21/h9-10,12H,2-8H2,1H3. The summed E-state index contributed by atoms with van der Waals surface area (Å²) in [5, 5.41) is 0. The molecule has 7 nitrogen and oxygen atoms in total. The highest BCUT2D eigenvalue weighted by Crippen LogP contribution is 2.21. The average molecular weight is 304 g/mol. The normalized spacial score (nSPS) is 19.4. The number of nitrogens with zero attached hydrogens (tertiary/aromatic N) is 4. The van der Waals surface area contributed by atoms with Crippen molar-refractivity contribution in [3.8, 4) is 0 Å². The molecule has 0 unspecified atom stereocenters. The van der Waals surface area contributed by atoms with Crippen molar-refractivity contribution in [3.05, 3.63) is 23.8 Å². The average Bonchev–Trinajstić information content (AvgIpc) is 3.00. The lowest BCUT2D eigenvalue weighted by atomic mass is 10.0. The predicted molar refractivity (Wildman–Crippen MR) is 78.4 cm³/mol. The van der Waals surface area contributed by atoms with E-state index in [1.165, 1.54) is 0 Å². The van der Waals surface area contributed by atoms with Gasteiger partial charge in [0.1, 0.15) is 12.4 Å². The van der Waals surface area contributed by atoms with Gasteiger partial charge in [-0.25, -0.2) is 14.8 Å². The summed E-state index contributed by atoms with van der Waals surface area (Å²) in [4.78, 5) is 35.9. The molecule has 3 heterocycles. The molecule has 2 aliphatic rings. The zero-order valence-electron chi connectivity index (χ0n) is 12.7. The highest BCUT2D eigenvalue weighted by atomic mass is 16.6. The Bertz CT molecular complexity index is 552. The first kappa shape index (κ1) is 14.7. The molecule has 0 radical (unpaired) electrons. The van der Waals surface area contributed by atoms with Gasteiger partial charge >= 0.3 is 6.09 Å². The minimum absolute atomic E-state index is 0.0369. The van der Waals surface area contributed by atoms with Crippen LogP contribution in [0.25, 0.3) is 0 Å². The minimum Gasteiger partial charge on any atom is -0.448 e. The van der Waals surface area contributed by atoms with E-state index >= 15 is 0 Å². The highest BCUT2D eigenvalue weighted by Gasteiger charge is 2.33. The summed E-state index contributed by atoms with van der Waals surface area (Å²) in [5.74, 6) is 0.702. The lowest BCUT2D eigenvalue weighted by Crippen LogP contribution is -2.47. The van der Waals surface area contributed by atoms with Gasteiger partial charge in [0, 0.05) is 37.9 Å². The molecule has 22 heavy (non-hydrogen) atoms. The molecular weight excluding hydrogens is 284 g/mol. The molecule has 2 aliphatic heterocycles. The van der Waals surface area contributed by atoms with E-state index in [1.54, 1.807) is 17.3 Å². The number of hydrogen-bond acceptors (Lipinski definition) is 5. The fraction of sp³-hybridized carbons (Fsp3) is 0.600. The molecule has 1 aromatic rings. The van der Waals surface area contributed by atoms with Crippen molar-refractivity contribution in [2.75, 3.05) is 26.2 Å². The molecule has 0 spiro atoms. The molecule has 2 saturated heterocycles. The topological polar surface area (TPSA) is 75.6 Å². The van der Waals surface area contributed by atoms with Crippen molar-refractivity contribution in [3.63, 3.8) is 0 Å². The second-order valence-corrected chi connectivity index (χ2v) is 5.57. The zero-order valence-corrected chi connectivity index (χ0v) is 12.7. The Kier molecular flexibility index (Phi) is 4.22. The summed E-state index contributed by atoms with van der Waals surface area (Å²) in [6.07, 6.45) is 5.29. The van der Waals surface area contributed by atoms with Crippen LogP contribution in [0.5, 0.6) is 0 Å². The van der Waals surface area contributed by atoms with Crippen LogP contribution < -0.4 is 0 Å². The molecular formula is C15H20N4O3. The number of carbonyl (C=O) groups is 2. The van der Waals surface area contributed by atoms with E-state index in [4.69, 9.17) is 4.74 Å². The van der Waals surface area contributed by atoms with E-state index in [9.17, 15) is 9.59 Å². The number of aromatic nitrogens is 2. The number of ether oxygens (including phenoxy) is 1. The summed E-state index contributed by atoms with van der Waals surface area (Å²) in [7, 11) is 0. The van der Waals surface area contributed by atoms with Gasteiger partial charge < -0.3 is 14.5 Å². The number of hydrogen-bond donors (Lipinski definition) is 0. The van der Waals surface area contributed by atoms with Crippen LogP contribution in [-0.2, 0) is 11.2 Å². The molecule has 118 valence electrons. The van der Waals surface area contributed by atoms with Crippen LogP contribution in [0, 0.1) is 0 Å². The first-order valence-corrected chi connectivity index (χ1v) is 7.72. The zero-order chi connectivity index (χ0) is 15.5. The molecule has 0 bridgehead atoms. The first-order valence-electron chi connectivity index (χ1n) is 7.72. The molecule has 0 saturated carbocycles. The van der Waals surface area contributed by atoms with E-state index < -0.39 is 0 Å². The van der Waals surface area contributed by atoms with Gasteiger partial charge in [-0.3, -0.25) is 4.79 Å². The van der Waals surface area contributed by atoms with Gasteiger partial charge in [0.25, 0.3) is 5.91 Å². The van der Waals surface area contributed by atoms with E-state index in [0.29, 0.717) is 31.8 Å². The Balaban J connectivity index is 1.58. The van der Waals surface area contributed by atoms with Gasteiger partial charge in [0.2, 0.25) is 0 Å². The quantitative estimate of drug-likeness (QED) is 0.835. The van der Waals surface area contributed by atoms with Crippen molar-refractivity contribution in [1.82, 2.24) is 19.8 Å². The third-order valence-corrected chi connectivity index (χ3v) is 4.25. The minimum atomic E-state index is -0.228. The lowest BCUT2D eigenvalue weighted by molar-refractivity contribution is 0.0657. The summed E-state index contributed by atoms with van der Waals surface area (Å²) < 4.78 is 4.97. The molecule has 3 rings (SSSR count). The van der Waals surface area contributed by atoms with Gasteiger partial charge in [-0.15, -0.1) is 0 Å². The van der Waals surface area contributed by atoms with Gasteiger partial charge in [-0.2, -0.15) is 0 Å². The van der Waals surface area contributed by atoms with Gasteiger partial charge in [-0.1, -0.05) is 6.92 Å². The van der Waals surface area contributed by atoms with E-state index in [-0.39, 0.29) is 18.0 Å². The summed E-state index contributed by atoms with van der Waals surface area (Å²) in [6.45, 7) is 4.39. The number of rotatable bonds is 3. The monoisotopic (exact) mass is 304 g/mol. The third kappa shape index (κ3) is 2.88. The van der Waals surface area contributed by atoms with Crippen LogP contribution in [0.4, 0.5) is 4.79 Å². The van der Waals surface area contributed by atoms with Gasteiger partial charge in [0.05, 0.1) is 12.1 Å². The Morgan fingerprint density at radius 3 is 2.50 bits per heavy atom. The summed E-state index contributed by atoms with van der Waals surface area (Å²) >= 11 is 0. The molecule has 0 aromatic carbocycles. The van der Waals surface area contributed by atoms with E-state index in [2.05, 4.69) is 9.97 Å². The smallest absolute Gasteiger partial charge is 0.410 e. The second kappa shape index (κ2) is 6.29. The number of likely N-dealkylation sites (tertiary alicyclic amines) is 1. The SMILES string of the molecule is CCc1ncc(C(=O)N2CCC(N3CCOC3=O)CC2)cn1. The van der Waals surface area contributed by atoms with Crippen LogP contribution in [0.3, 0.4) is 0 Å². The molecule has 7 heteroatoms. The summed E-state index contributed by atoms with van der Waals surface area (Å²) in [5.41, 5.74) is 0.524. The Morgan fingerprint density at radius 1 is 1.27 bits per heavy atom. The van der Waals surface area contributed by atoms with Crippen molar-refractivity contribution in [1.29, 1.82) is 0 Å². The first-order chi connectivity index (χ1) is 10.7. The number of piperidine rings is 1. The molecule has 1 aromatic heterocycles. The Morgan fingerprint density at radius 2 is 1.95 bits per heavy atom. The third-order valence-electron chi connectivity index (χ3n) is 4.25. The molecule has 0 N–H and O–H groups in total. The largest absolute Gasteiger partial charge is 0.448 e. The summed E-state index contributed by atoms with van der Waals surface area (Å²) in [6, 6.07) is 0.178. The predicted octanol–water partition coefficient (Wildman–Crippen LogP) is 1.10. The van der Waals surface area contributed by atoms with Crippen molar-refractivity contribution < 1.29 is 14.3 Å². The Labute approximate surface area is 129 Å². The van der Waals surface area contributed by atoms with E-state index in [0.717, 1.165) is 25.1 Å². The molecule has 0 atom stereocenters.